The van der Waals surface area contributed by atoms with Crippen molar-refractivity contribution in [2.24, 2.45) is 5.10 Å². The molecule has 38 heavy (non-hydrogen) atoms. The Hall–Kier alpha value is -4.09. The van der Waals surface area contributed by atoms with Crippen molar-refractivity contribution < 1.29 is 32.2 Å². The summed E-state index contributed by atoms with van der Waals surface area (Å²) in [6, 6.07) is 18.8. The van der Waals surface area contributed by atoms with E-state index in [9.17, 15) is 13.2 Å². The van der Waals surface area contributed by atoms with E-state index in [1.165, 1.54) is 46.8 Å². The Morgan fingerprint density at radius 3 is 2.16 bits per heavy atom. The van der Waals surface area contributed by atoms with Crippen LogP contribution in [0.5, 0.6) is 23.0 Å². The molecule has 0 aliphatic heterocycles. The van der Waals surface area contributed by atoms with Gasteiger partial charge in [-0.25, -0.2) is 13.8 Å². The van der Waals surface area contributed by atoms with Gasteiger partial charge in [-0.3, -0.25) is 4.79 Å². The van der Waals surface area contributed by atoms with Crippen LogP contribution in [0.15, 0.2) is 76.7 Å². The maximum Gasteiger partial charge on any atom is 0.255 e. The van der Waals surface area contributed by atoms with Gasteiger partial charge in [0.15, 0.2) is 11.5 Å². The molecule has 0 heterocycles. The van der Waals surface area contributed by atoms with Crippen LogP contribution < -0.4 is 24.4 Å². The van der Waals surface area contributed by atoms with Crippen molar-refractivity contribution in [2.45, 2.75) is 11.3 Å². The topological polar surface area (TPSA) is 116 Å². The van der Waals surface area contributed by atoms with E-state index in [4.69, 9.17) is 18.9 Å². The second-order valence-corrected chi connectivity index (χ2v) is 9.90. The monoisotopic (exact) mass is 541 g/mol. The number of hydrogen-bond donors (Lipinski definition) is 1. The minimum Gasteiger partial charge on any atom is -0.497 e. The molecule has 11 heteroatoms. The highest BCUT2D eigenvalue weighted by atomic mass is 32.2. The van der Waals surface area contributed by atoms with Gasteiger partial charge in [-0.05, 0) is 48.4 Å². The average Bonchev–Trinajstić information content (AvgIpc) is 2.95. The normalized spacial score (nSPS) is 11.4. The summed E-state index contributed by atoms with van der Waals surface area (Å²) in [4.78, 5) is 12.8. The van der Waals surface area contributed by atoms with Crippen LogP contribution in [-0.4, -0.2) is 66.4 Å². The predicted molar refractivity (Wildman–Crippen MR) is 144 cm³/mol. The number of sulfonamides is 1. The molecule has 1 N–H and O–H groups in total. The molecule has 0 fully saturated rings. The molecule has 0 radical (unpaired) electrons. The Balaban J connectivity index is 1.78. The average molecular weight is 542 g/mol. The lowest BCUT2D eigenvalue weighted by Crippen LogP contribution is -2.40. The number of carbonyl (C=O) groups is 1. The number of methoxy groups -OCH3 is 4. The molecule has 0 unspecified atom stereocenters. The number of carbonyl (C=O) groups excluding carboxylic acids is 1. The van der Waals surface area contributed by atoms with E-state index >= 15 is 0 Å². The van der Waals surface area contributed by atoms with Crippen molar-refractivity contribution in [1.29, 1.82) is 0 Å². The Labute approximate surface area is 222 Å². The zero-order valence-electron chi connectivity index (χ0n) is 21.7. The van der Waals surface area contributed by atoms with Gasteiger partial charge in [-0.1, -0.05) is 30.3 Å². The molecule has 0 aliphatic rings. The van der Waals surface area contributed by atoms with Crippen molar-refractivity contribution in [2.75, 3.05) is 41.5 Å². The van der Waals surface area contributed by atoms with E-state index in [0.717, 1.165) is 9.87 Å². The van der Waals surface area contributed by atoms with Crippen LogP contribution >= 0.6 is 0 Å². The Morgan fingerprint density at radius 2 is 1.55 bits per heavy atom. The predicted octanol–water partition coefficient (Wildman–Crippen LogP) is 3.10. The maximum absolute atomic E-state index is 13.4. The molecule has 3 aromatic carbocycles. The van der Waals surface area contributed by atoms with Crippen LogP contribution in [0.3, 0.4) is 0 Å². The van der Waals surface area contributed by atoms with Gasteiger partial charge < -0.3 is 18.9 Å². The second kappa shape index (κ2) is 13.5. The number of hydrogen-bond acceptors (Lipinski definition) is 8. The SMILES string of the molecule is COc1ccc(S(=O)(=O)N(CCc2ccccc2)CC(=O)N/N=C\c2ccc(OC)c(OC)c2OC)cc1. The van der Waals surface area contributed by atoms with Crippen molar-refractivity contribution in [1.82, 2.24) is 9.73 Å². The molecule has 0 saturated carbocycles. The van der Waals surface area contributed by atoms with Crippen LogP contribution in [0.4, 0.5) is 0 Å². The first kappa shape index (κ1) is 28.5. The molecule has 3 rings (SSSR count). The number of hydrazone groups is 1. The minimum atomic E-state index is -3.98. The first-order valence-corrected chi connectivity index (χ1v) is 13.1. The quantitative estimate of drug-likeness (QED) is 0.261. The molecule has 3 aromatic rings. The van der Waals surface area contributed by atoms with Gasteiger partial charge in [0.25, 0.3) is 5.91 Å². The third-order valence-corrected chi connectivity index (χ3v) is 7.50. The molecule has 0 spiro atoms. The number of ether oxygens (including phenoxy) is 4. The lowest BCUT2D eigenvalue weighted by atomic mass is 10.1. The molecule has 0 atom stereocenters. The zero-order valence-corrected chi connectivity index (χ0v) is 22.5. The summed E-state index contributed by atoms with van der Waals surface area (Å²) in [6.07, 6.45) is 1.81. The molecule has 10 nitrogen and oxygen atoms in total. The largest absolute Gasteiger partial charge is 0.497 e. The van der Waals surface area contributed by atoms with E-state index in [2.05, 4.69) is 10.5 Å². The fraction of sp³-hybridized carbons (Fsp3) is 0.259. The smallest absolute Gasteiger partial charge is 0.255 e. The van der Waals surface area contributed by atoms with E-state index in [1.807, 2.05) is 30.3 Å². The standard InChI is InChI=1S/C27H31N3O7S/c1-34-22-11-13-23(14-12-22)38(32,33)30(17-16-20-8-6-5-7-9-20)19-25(31)29-28-18-21-10-15-24(35-2)27(37-4)26(21)36-3/h5-15,18H,16-17,19H2,1-4H3,(H,29,31)/b28-18-. The Kier molecular flexibility index (Phi) is 10.1. The van der Waals surface area contributed by atoms with Gasteiger partial charge in [0.2, 0.25) is 15.8 Å². The summed E-state index contributed by atoms with van der Waals surface area (Å²) in [5.74, 6) is 1.14. The number of rotatable bonds is 13. The van der Waals surface area contributed by atoms with E-state index in [-0.39, 0.29) is 11.4 Å². The number of benzene rings is 3. The Bertz CT molecular complexity index is 1350. The molecule has 0 aliphatic carbocycles. The van der Waals surface area contributed by atoms with Crippen molar-refractivity contribution in [3.8, 4) is 23.0 Å². The number of amides is 1. The molecule has 202 valence electrons. The third kappa shape index (κ3) is 7.02. The second-order valence-electron chi connectivity index (χ2n) is 7.97. The number of nitrogens with zero attached hydrogens (tertiary/aromatic N) is 2. The third-order valence-electron chi connectivity index (χ3n) is 5.64. The molecular formula is C27H31N3O7S. The highest BCUT2D eigenvalue weighted by Gasteiger charge is 2.26. The lowest BCUT2D eigenvalue weighted by molar-refractivity contribution is -0.121. The van der Waals surface area contributed by atoms with Crippen LogP contribution in [-0.2, 0) is 21.2 Å². The number of nitrogens with one attached hydrogen (secondary N) is 1. The van der Waals surface area contributed by atoms with Gasteiger partial charge in [-0.15, -0.1) is 0 Å². The van der Waals surface area contributed by atoms with Crippen LogP contribution in [0.1, 0.15) is 11.1 Å². The first-order chi connectivity index (χ1) is 18.3. The lowest BCUT2D eigenvalue weighted by Gasteiger charge is -2.21. The zero-order chi connectivity index (χ0) is 27.5. The fourth-order valence-electron chi connectivity index (χ4n) is 3.67. The van der Waals surface area contributed by atoms with E-state index < -0.39 is 22.5 Å². The van der Waals surface area contributed by atoms with E-state index in [1.54, 1.807) is 24.3 Å². The minimum absolute atomic E-state index is 0.0535. The van der Waals surface area contributed by atoms with Gasteiger partial charge >= 0.3 is 0 Å². The van der Waals surface area contributed by atoms with Gasteiger partial charge in [0.05, 0.1) is 46.1 Å². The molecule has 0 bridgehead atoms. The van der Waals surface area contributed by atoms with Crippen LogP contribution in [0, 0.1) is 0 Å². The van der Waals surface area contributed by atoms with Crippen molar-refractivity contribution in [3.05, 3.63) is 77.9 Å². The Morgan fingerprint density at radius 1 is 0.868 bits per heavy atom. The van der Waals surface area contributed by atoms with Gasteiger partial charge in [0.1, 0.15) is 5.75 Å². The summed E-state index contributed by atoms with van der Waals surface area (Å²) >= 11 is 0. The van der Waals surface area contributed by atoms with Crippen LogP contribution in [0.25, 0.3) is 0 Å². The van der Waals surface area contributed by atoms with Gasteiger partial charge in [0, 0.05) is 12.1 Å². The molecule has 1 amide bonds. The summed E-state index contributed by atoms with van der Waals surface area (Å²) < 4.78 is 49.1. The van der Waals surface area contributed by atoms with E-state index in [0.29, 0.717) is 35.0 Å². The van der Waals surface area contributed by atoms with Crippen LogP contribution in [0.2, 0.25) is 0 Å². The highest BCUT2D eigenvalue weighted by Crippen LogP contribution is 2.38. The highest BCUT2D eigenvalue weighted by molar-refractivity contribution is 7.89. The summed E-state index contributed by atoms with van der Waals surface area (Å²) in [5, 5.41) is 3.99. The molecule has 0 aromatic heterocycles. The van der Waals surface area contributed by atoms with Gasteiger partial charge in [-0.2, -0.15) is 9.41 Å². The maximum atomic E-state index is 13.4. The summed E-state index contributed by atoms with van der Waals surface area (Å²) in [6.45, 7) is -0.333. The van der Waals surface area contributed by atoms with Crippen molar-refractivity contribution in [3.63, 3.8) is 0 Å². The summed E-state index contributed by atoms with van der Waals surface area (Å²) in [5.41, 5.74) is 3.87. The molecular weight excluding hydrogens is 510 g/mol. The van der Waals surface area contributed by atoms with Crippen molar-refractivity contribution >= 4 is 22.1 Å². The fourth-order valence-corrected chi connectivity index (χ4v) is 5.07. The molecule has 0 saturated heterocycles. The first-order valence-electron chi connectivity index (χ1n) is 11.6. The summed E-state index contributed by atoms with van der Waals surface area (Å²) in [7, 11) is 1.98.